The first-order valence-electron chi connectivity index (χ1n) is 8.26. The minimum absolute atomic E-state index is 0.00967. The van der Waals surface area contributed by atoms with Crippen molar-refractivity contribution in [3.63, 3.8) is 0 Å². The third-order valence-corrected chi connectivity index (χ3v) is 4.51. The summed E-state index contributed by atoms with van der Waals surface area (Å²) in [6.45, 7) is 2.20. The topological polar surface area (TPSA) is 79.9 Å². The van der Waals surface area contributed by atoms with Crippen LogP contribution in [0.4, 0.5) is 0 Å². The van der Waals surface area contributed by atoms with Crippen LogP contribution >= 0.6 is 15.9 Å². The van der Waals surface area contributed by atoms with E-state index in [9.17, 15) is 4.79 Å². The standard InChI is InChI=1S/C20H17BrN4O2/c1-14-19(13-24-25(14)17-7-5-16(21)6-8-17)20(26)23-12-15-3-2-4-18(11-15)27-10-9-22/h2-8,11,13H,10,12H2,1H3,(H,23,26). The lowest BCUT2D eigenvalue weighted by Crippen LogP contribution is -2.23. The molecule has 0 bridgehead atoms. The first-order valence-corrected chi connectivity index (χ1v) is 9.05. The lowest BCUT2D eigenvalue weighted by atomic mass is 10.2. The molecule has 136 valence electrons. The van der Waals surface area contributed by atoms with Crippen molar-refractivity contribution in [3.05, 3.63) is 76.0 Å². The number of hydrogen-bond donors (Lipinski definition) is 1. The number of rotatable bonds is 6. The summed E-state index contributed by atoms with van der Waals surface area (Å²) in [5.41, 5.74) is 3.06. The van der Waals surface area contributed by atoms with Crippen molar-refractivity contribution < 1.29 is 9.53 Å². The third kappa shape index (κ3) is 4.54. The van der Waals surface area contributed by atoms with Crippen LogP contribution in [0, 0.1) is 18.3 Å². The van der Waals surface area contributed by atoms with E-state index in [0.717, 1.165) is 21.4 Å². The van der Waals surface area contributed by atoms with Crippen molar-refractivity contribution in [3.8, 4) is 17.5 Å². The average molecular weight is 425 g/mol. The summed E-state index contributed by atoms with van der Waals surface area (Å²) in [5, 5.41) is 15.8. The Morgan fingerprint density at radius 1 is 1.30 bits per heavy atom. The number of halogens is 1. The van der Waals surface area contributed by atoms with E-state index in [-0.39, 0.29) is 12.5 Å². The van der Waals surface area contributed by atoms with Gasteiger partial charge in [0.2, 0.25) is 0 Å². The van der Waals surface area contributed by atoms with E-state index < -0.39 is 0 Å². The zero-order valence-electron chi connectivity index (χ0n) is 14.6. The van der Waals surface area contributed by atoms with Crippen LogP contribution in [0.5, 0.6) is 5.75 Å². The molecule has 0 aliphatic heterocycles. The van der Waals surface area contributed by atoms with Crippen molar-refractivity contribution >= 4 is 21.8 Å². The number of nitriles is 1. The SMILES string of the molecule is Cc1c(C(=O)NCc2cccc(OCC#N)c2)cnn1-c1ccc(Br)cc1. The van der Waals surface area contributed by atoms with E-state index in [0.29, 0.717) is 17.9 Å². The number of hydrogen-bond acceptors (Lipinski definition) is 4. The molecule has 1 heterocycles. The number of nitrogens with zero attached hydrogens (tertiary/aromatic N) is 3. The van der Waals surface area contributed by atoms with Crippen LogP contribution in [0.15, 0.2) is 59.2 Å². The summed E-state index contributed by atoms with van der Waals surface area (Å²) >= 11 is 3.41. The molecule has 0 aliphatic rings. The fourth-order valence-corrected chi connectivity index (χ4v) is 2.88. The van der Waals surface area contributed by atoms with Gasteiger partial charge in [0.05, 0.1) is 23.1 Å². The normalized spacial score (nSPS) is 10.3. The van der Waals surface area contributed by atoms with E-state index in [4.69, 9.17) is 10.00 Å². The zero-order chi connectivity index (χ0) is 19.2. The lowest BCUT2D eigenvalue weighted by molar-refractivity contribution is 0.0950. The summed E-state index contributed by atoms with van der Waals surface area (Å²) in [6.07, 6.45) is 1.57. The molecule has 3 aromatic rings. The van der Waals surface area contributed by atoms with Gasteiger partial charge in [-0.05, 0) is 48.9 Å². The minimum atomic E-state index is -0.195. The summed E-state index contributed by atoms with van der Waals surface area (Å²) in [7, 11) is 0. The summed E-state index contributed by atoms with van der Waals surface area (Å²) < 4.78 is 7.99. The number of benzene rings is 2. The second kappa shape index (κ2) is 8.52. The Labute approximate surface area is 165 Å². The van der Waals surface area contributed by atoms with Gasteiger partial charge in [0.15, 0.2) is 6.61 Å². The summed E-state index contributed by atoms with van der Waals surface area (Å²) in [6, 6.07) is 16.9. The summed E-state index contributed by atoms with van der Waals surface area (Å²) in [4.78, 5) is 12.5. The highest BCUT2D eigenvalue weighted by Crippen LogP contribution is 2.18. The Kier molecular flexibility index (Phi) is 5.89. The van der Waals surface area contributed by atoms with Crippen LogP contribution in [0.25, 0.3) is 5.69 Å². The molecule has 2 aromatic carbocycles. The molecule has 3 rings (SSSR count). The molecular formula is C20H17BrN4O2. The van der Waals surface area contributed by atoms with Gasteiger partial charge in [0.1, 0.15) is 11.8 Å². The second-order valence-corrected chi connectivity index (χ2v) is 6.72. The number of amides is 1. The Bertz CT molecular complexity index is 990. The van der Waals surface area contributed by atoms with Gasteiger partial charge in [-0.2, -0.15) is 10.4 Å². The molecule has 0 aliphatic carbocycles. The smallest absolute Gasteiger partial charge is 0.255 e. The van der Waals surface area contributed by atoms with Gasteiger partial charge in [-0.3, -0.25) is 4.79 Å². The van der Waals surface area contributed by atoms with Crippen LogP contribution in [0.2, 0.25) is 0 Å². The first-order chi connectivity index (χ1) is 13.1. The van der Waals surface area contributed by atoms with E-state index >= 15 is 0 Å². The number of carbonyl (C=O) groups is 1. The van der Waals surface area contributed by atoms with Crippen LogP contribution in [0.1, 0.15) is 21.6 Å². The number of ether oxygens (including phenoxy) is 1. The molecule has 0 spiro atoms. The Morgan fingerprint density at radius 2 is 2.07 bits per heavy atom. The van der Waals surface area contributed by atoms with Crippen molar-refractivity contribution in [1.82, 2.24) is 15.1 Å². The Balaban J connectivity index is 1.69. The molecule has 7 heteroatoms. The predicted octanol–water partition coefficient (Wildman–Crippen LogP) is 3.78. The molecule has 6 nitrogen and oxygen atoms in total. The second-order valence-electron chi connectivity index (χ2n) is 5.81. The van der Waals surface area contributed by atoms with Gasteiger partial charge in [0.25, 0.3) is 5.91 Å². The number of aromatic nitrogens is 2. The third-order valence-electron chi connectivity index (χ3n) is 3.98. The van der Waals surface area contributed by atoms with Crippen LogP contribution < -0.4 is 10.1 Å². The highest BCUT2D eigenvalue weighted by molar-refractivity contribution is 9.10. The molecule has 0 fully saturated rings. The van der Waals surface area contributed by atoms with Gasteiger partial charge >= 0.3 is 0 Å². The minimum Gasteiger partial charge on any atom is -0.479 e. The van der Waals surface area contributed by atoms with E-state index in [1.165, 1.54) is 0 Å². The largest absolute Gasteiger partial charge is 0.479 e. The van der Waals surface area contributed by atoms with Crippen molar-refractivity contribution in [2.24, 2.45) is 0 Å². The molecule has 27 heavy (non-hydrogen) atoms. The highest BCUT2D eigenvalue weighted by atomic mass is 79.9. The first kappa shape index (κ1) is 18.7. The quantitative estimate of drug-likeness (QED) is 0.652. The zero-order valence-corrected chi connectivity index (χ0v) is 16.2. The fourth-order valence-electron chi connectivity index (χ4n) is 2.61. The monoisotopic (exact) mass is 424 g/mol. The molecule has 1 aromatic heterocycles. The van der Waals surface area contributed by atoms with E-state index in [1.54, 1.807) is 23.0 Å². The average Bonchev–Trinajstić information content (AvgIpc) is 3.07. The Morgan fingerprint density at radius 3 is 2.81 bits per heavy atom. The highest BCUT2D eigenvalue weighted by Gasteiger charge is 2.15. The number of carbonyl (C=O) groups excluding carboxylic acids is 1. The maximum atomic E-state index is 12.5. The van der Waals surface area contributed by atoms with Crippen LogP contribution in [-0.2, 0) is 6.54 Å². The molecule has 0 atom stereocenters. The molecular weight excluding hydrogens is 408 g/mol. The molecule has 0 saturated carbocycles. The maximum Gasteiger partial charge on any atom is 0.255 e. The van der Waals surface area contributed by atoms with Crippen molar-refractivity contribution in [2.75, 3.05) is 6.61 Å². The predicted molar refractivity (Wildman–Crippen MR) is 105 cm³/mol. The van der Waals surface area contributed by atoms with Gasteiger partial charge in [-0.15, -0.1) is 0 Å². The maximum absolute atomic E-state index is 12.5. The molecule has 0 radical (unpaired) electrons. The van der Waals surface area contributed by atoms with Crippen LogP contribution in [0.3, 0.4) is 0 Å². The van der Waals surface area contributed by atoms with Gasteiger partial charge in [-0.1, -0.05) is 28.1 Å². The number of nitrogens with one attached hydrogen (secondary N) is 1. The van der Waals surface area contributed by atoms with Crippen molar-refractivity contribution in [1.29, 1.82) is 5.26 Å². The van der Waals surface area contributed by atoms with Crippen molar-refractivity contribution in [2.45, 2.75) is 13.5 Å². The van der Waals surface area contributed by atoms with Gasteiger partial charge < -0.3 is 10.1 Å². The molecule has 0 saturated heterocycles. The summed E-state index contributed by atoms with van der Waals surface area (Å²) in [5.74, 6) is 0.404. The lowest BCUT2D eigenvalue weighted by Gasteiger charge is -2.08. The Hall–Kier alpha value is -3.11. The molecule has 1 N–H and O–H groups in total. The van der Waals surface area contributed by atoms with Gasteiger partial charge in [0, 0.05) is 11.0 Å². The van der Waals surface area contributed by atoms with E-state index in [1.807, 2.05) is 49.4 Å². The fraction of sp³-hybridized carbons (Fsp3) is 0.150. The van der Waals surface area contributed by atoms with E-state index in [2.05, 4.69) is 26.3 Å². The molecule has 1 amide bonds. The molecule has 0 unspecified atom stereocenters. The van der Waals surface area contributed by atoms with Crippen LogP contribution in [-0.4, -0.2) is 22.3 Å². The van der Waals surface area contributed by atoms with Gasteiger partial charge in [-0.25, -0.2) is 4.68 Å².